The first-order valence-electron chi connectivity index (χ1n) is 4.86. The predicted octanol–water partition coefficient (Wildman–Crippen LogP) is 3.28. The molecule has 0 saturated heterocycles. The van der Waals surface area contributed by atoms with Crippen LogP contribution >= 0.6 is 23.2 Å². The van der Waals surface area contributed by atoms with Crippen molar-refractivity contribution in [3.05, 3.63) is 12.2 Å². The number of rotatable bonds is 3. The van der Waals surface area contributed by atoms with Crippen LogP contribution in [0.2, 0.25) is 0 Å². The Morgan fingerprint density at radius 2 is 2.08 bits per heavy atom. The van der Waals surface area contributed by atoms with E-state index in [-0.39, 0.29) is 0 Å². The van der Waals surface area contributed by atoms with Crippen LogP contribution in [0.25, 0.3) is 0 Å². The Kier molecular flexibility index (Phi) is 2.79. The summed E-state index contributed by atoms with van der Waals surface area (Å²) in [6.07, 6.45) is 9.43. The molecule has 1 saturated carbocycles. The summed E-state index contributed by atoms with van der Waals surface area (Å²) < 4.78 is -0.717. The average molecular weight is 232 g/mol. The summed E-state index contributed by atoms with van der Waals surface area (Å²) in [5.41, 5.74) is 0. The summed E-state index contributed by atoms with van der Waals surface area (Å²) in [6.45, 7) is 0. The van der Waals surface area contributed by atoms with Crippen molar-refractivity contribution in [1.82, 2.24) is 0 Å². The molecule has 0 spiro atoms. The Morgan fingerprint density at radius 3 is 2.54 bits per heavy atom. The number of hydrogen-bond acceptors (Lipinski definition) is 0. The van der Waals surface area contributed by atoms with E-state index in [4.69, 9.17) is 23.2 Å². The van der Waals surface area contributed by atoms with E-state index in [9.17, 15) is 0 Å². The Morgan fingerprint density at radius 1 is 1.31 bits per heavy atom. The topological polar surface area (TPSA) is 0 Å². The van der Waals surface area contributed by atoms with E-state index in [1.54, 1.807) is 0 Å². The SMILES string of the molecule is [Si]C(Cl)(Cl)CCC1CC2C=CC1C2. The van der Waals surface area contributed by atoms with Gasteiger partial charge in [-0.05, 0) is 43.4 Å². The zero-order valence-electron chi connectivity index (χ0n) is 7.47. The Balaban J connectivity index is 1.81. The molecular formula is C10H13Cl2Si. The van der Waals surface area contributed by atoms with Gasteiger partial charge >= 0.3 is 0 Å². The summed E-state index contributed by atoms with van der Waals surface area (Å²) in [7, 11) is 3.30. The van der Waals surface area contributed by atoms with Gasteiger partial charge in [0.05, 0.1) is 14.2 Å². The second-order valence-electron chi connectivity index (χ2n) is 4.28. The van der Waals surface area contributed by atoms with Crippen LogP contribution in [0.1, 0.15) is 25.7 Å². The molecule has 3 atom stereocenters. The molecule has 0 amide bonds. The van der Waals surface area contributed by atoms with Crippen molar-refractivity contribution < 1.29 is 0 Å². The molecule has 2 aliphatic rings. The second-order valence-corrected chi connectivity index (χ2v) is 7.25. The highest BCUT2D eigenvalue weighted by atomic mass is 35.5. The third kappa shape index (κ3) is 2.51. The fourth-order valence-electron chi connectivity index (χ4n) is 2.59. The minimum Gasteiger partial charge on any atom is -0.107 e. The van der Waals surface area contributed by atoms with Crippen molar-refractivity contribution in [3.8, 4) is 0 Å². The van der Waals surface area contributed by atoms with Gasteiger partial charge in [-0.25, -0.2) is 0 Å². The molecule has 0 heterocycles. The zero-order chi connectivity index (χ0) is 9.47. The first kappa shape index (κ1) is 10.1. The molecule has 0 aliphatic heterocycles. The predicted molar refractivity (Wildman–Crippen MR) is 58.3 cm³/mol. The maximum absolute atomic E-state index is 5.87. The lowest BCUT2D eigenvalue weighted by Crippen LogP contribution is -2.16. The summed E-state index contributed by atoms with van der Waals surface area (Å²) in [6, 6.07) is 0. The Hall–Kier alpha value is 0.537. The highest BCUT2D eigenvalue weighted by molar-refractivity contribution is 6.65. The number of alkyl halides is 2. The fraction of sp³-hybridized carbons (Fsp3) is 0.800. The highest BCUT2D eigenvalue weighted by Gasteiger charge is 2.36. The second kappa shape index (κ2) is 3.60. The van der Waals surface area contributed by atoms with E-state index in [0.717, 1.165) is 30.6 Å². The van der Waals surface area contributed by atoms with Gasteiger partial charge < -0.3 is 0 Å². The van der Waals surface area contributed by atoms with Crippen molar-refractivity contribution in [1.29, 1.82) is 0 Å². The largest absolute Gasteiger partial charge is 0.107 e. The number of fused-ring (bicyclic) bond motifs is 2. The minimum atomic E-state index is -0.717. The van der Waals surface area contributed by atoms with Crippen LogP contribution in [-0.4, -0.2) is 14.2 Å². The summed E-state index contributed by atoms with van der Waals surface area (Å²) >= 11 is 11.7. The van der Waals surface area contributed by atoms with Gasteiger partial charge in [0.15, 0.2) is 0 Å². The van der Waals surface area contributed by atoms with Crippen LogP contribution < -0.4 is 0 Å². The molecule has 3 unspecified atom stereocenters. The molecule has 0 nitrogen and oxygen atoms in total. The van der Waals surface area contributed by atoms with Crippen molar-refractivity contribution in [2.75, 3.05) is 0 Å². The van der Waals surface area contributed by atoms with E-state index in [0.29, 0.717) is 0 Å². The molecule has 1 fully saturated rings. The molecule has 0 N–H and O–H groups in total. The summed E-state index contributed by atoms with van der Waals surface area (Å²) in [5, 5.41) is 0. The van der Waals surface area contributed by atoms with Crippen LogP contribution in [0.3, 0.4) is 0 Å². The van der Waals surface area contributed by atoms with E-state index < -0.39 is 3.96 Å². The maximum atomic E-state index is 5.87. The Labute approximate surface area is 93.1 Å². The molecule has 0 aromatic carbocycles. The van der Waals surface area contributed by atoms with E-state index in [2.05, 4.69) is 22.4 Å². The number of hydrogen-bond donors (Lipinski definition) is 0. The van der Waals surface area contributed by atoms with Gasteiger partial charge in [0, 0.05) is 0 Å². The van der Waals surface area contributed by atoms with Gasteiger partial charge in [0.1, 0.15) is 0 Å². The van der Waals surface area contributed by atoms with Gasteiger partial charge in [-0.2, -0.15) is 0 Å². The average Bonchev–Trinajstić information content (AvgIpc) is 2.58. The lowest BCUT2D eigenvalue weighted by Gasteiger charge is -2.21. The molecule has 3 heteroatoms. The van der Waals surface area contributed by atoms with Gasteiger partial charge in [-0.15, -0.1) is 23.2 Å². The molecule has 0 aromatic heterocycles. The van der Waals surface area contributed by atoms with E-state index >= 15 is 0 Å². The zero-order valence-corrected chi connectivity index (χ0v) is 9.98. The first-order chi connectivity index (χ1) is 6.04. The third-order valence-corrected chi connectivity index (χ3v) is 3.87. The van der Waals surface area contributed by atoms with Gasteiger partial charge in [-0.3, -0.25) is 0 Å². The van der Waals surface area contributed by atoms with E-state index in [1.165, 1.54) is 12.8 Å². The lowest BCUT2D eigenvalue weighted by molar-refractivity contribution is 0.406. The Bertz CT molecular complexity index is 219. The lowest BCUT2D eigenvalue weighted by atomic mass is 9.90. The summed E-state index contributed by atoms with van der Waals surface area (Å²) in [4.78, 5) is 0. The normalized spacial score (nSPS) is 37.3. The minimum absolute atomic E-state index is 0.717. The molecular weight excluding hydrogens is 219 g/mol. The van der Waals surface area contributed by atoms with Crippen LogP contribution in [-0.2, 0) is 0 Å². The van der Waals surface area contributed by atoms with Crippen LogP contribution in [0.4, 0.5) is 0 Å². The number of halogens is 2. The monoisotopic (exact) mass is 231 g/mol. The quantitative estimate of drug-likeness (QED) is 0.398. The highest BCUT2D eigenvalue weighted by Crippen LogP contribution is 2.46. The van der Waals surface area contributed by atoms with Gasteiger partial charge in [-0.1, -0.05) is 12.2 Å². The molecule has 2 bridgehead atoms. The number of allylic oxidation sites excluding steroid dienone is 2. The van der Waals surface area contributed by atoms with Gasteiger partial charge in [0.2, 0.25) is 0 Å². The molecule has 0 aromatic rings. The molecule has 13 heavy (non-hydrogen) atoms. The summed E-state index contributed by atoms with van der Waals surface area (Å²) in [5.74, 6) is 2.49. The fourth-order valence-corrected chi connectivity index (χ4v) is 2.96. The molecule has 2 rings (SSSR count). The third-order valence-electron chi connectivity index (χ3n) is 3.25. The first-order valence-corrected chi connectivity index (χ1v) is 6.11. The standard InChI is InChI=1S/C10H13Cl2Si/c11-10(12,13)4-3-9-6-7-1-2-8(9)5-7/h1-2,7-9H,3-6H2. The van der Waals surface area contributed by atoms with E-state index in [1.807, 2.05) is 0 Å². The van der Waals surface area contributed by atoms with Gasteiger partial charge in [0.25, 0.3) is 0 Å². The molecule has 2 aliphatic carbocycles. The molecule has 71 valence electrons. The van der Waals surface area contributed by atoms with Crippen molar-refractivity contribution in [2.45, 2.75) is 29.6 Å². The maximum Gasteiger partial charge on any atom is 0.0998 e. The van der Waals surface area contributed by atoms with Crippen LogP contribution in [0, 0.1) is 17.8 Å². The van der Waals surface area contributed by atoms with Crippen molar-refractivity contribution in [3.63, 3.8) is 0 Å². The van der Waals surface area contributed by atoms with Crippen LogP contribution in [0.15, 0.2) is 12.2 Å². The molecule has 3 radical (unpaired) electrons. The van der Waals surface area contributed by atoms with Crippen molar-refractivity contribution >= 4 is 33.4 Å². The smallest absolute Gasteiger partial charge is 0.0998 e. The van der Waals surface area contributed by atoms with Crippen LogP contribution in [0.5, 0.6) is 0 Å². The van der Waals surface area contributed by atoms with Crippen molar-refractivity contribution in [2.24, 2.45) is 17.8 Å².